The van der Waals surface area contributed by atoms with Gasteiger partial charge in [0.25, 0.3) is 5.91 Å². The largest absolute Gasteiger partial charge is 0.280 e. The number of nitrogens with zero attached hydrogens (tertiary/aromatic N) is 3. The Kier molecular flexibility index (Phi) is 6.81. The fraction of sp³-hybridized carbons (Fsp3) is 0.455. The number of hydrogen-bond acceptors (Lipinski definition) is 5. The summed E-state index contributed by atoms with van der Waals surface area (Å²) in [7, 11) is -3.67. The number of aromatic nitrogens is 1. The highest BCUT2D eigenvalue weighted by atomic mass is 35.5. The quantitative estimate of drug-likeness (QED) is 0.564. The van der Waals surface area contributed by atoms with E-state index >= 15 is 0 Å². The Bertz CT molecular complexity index is 1070. The van der Waals surface area contributed by atoms with Gasteiger partial charge in [-0.15, -0.1) is 17.9 Å². The Morgan fingerprint density at radius 2 is 1.94 bits per heavy atom. The van der Waals surface area contributed by atoms with Crippen LogP contribution in [0.1, 0.15) is 53.0 Å². The summed E-state index contributed by atoms with van der Waals surface area (Å²) in [5.41, 5.74) is 1.22. The van der Waals surface area contributed by atoms with Crippen LogP contribution < -0.4 is 4.90 Å². The zero-order chi connectivity index (χ0) is 22.0. The third-order valence-electron chi connectivity index (χ3n) is 5.74. The zero-order valence-corrected chi connectivity index (χ0v) is 19.7. The van der Waals surface area contributed by atoms with Crippen molar-refractivity contribution in [2.24, 2.45) is 0 Å². The Balaban J connectivity index is 1.68. The molecular weight excluding hydrogens is 454 g/mol. The van der Waals surface area contributed by atoms with Crippen molar-refractivity contribution in [1.29, 1.82) is 0 Å². The molecule has 1 fully saturated rings. The molecule has 6 nitrogen and oxygen atoms in total. The van der Waals surface area contributed by atoms with Crippen LogP contribution in [0.4, 0.5) is 5.13 Å². The summed E-state index contributed by atoms with van der Waals surface area (Å²) in [5, 5.41) is 0.829. The Morgan fingerprint density at radius 3 is 2.65 bits per heavy atom. The van der Waals surface area contributed by atoms with Gasteiger partial charge in [-0.3, -0.25) is 9.69 Å². The van der Waals surface area contributed by atoms with E-state index in [9.17, 15) is 13.2 Å². The van der Waals surface area contributed by atoms with Crippen LogP contribution in [0.2, 0.25) is 5.02 Å². The molecule has 166 valence electrons. The second-order valence-electron chi connectivity index (χ2n) is 7.88. The van der Waals surface area contributed by atoms with Crippen molar-refractivity contribution in [1.82, 2.24) is 9.29 Å². The molecule has 4 rings (SSSR count). The Hall–Kier alpha value is -1.74. The number of hydrogen-bond donors (Lipinski definition) is 0. The van der Waals surface area contributed by atoms with E-state index in [0.717, 1.165) is 50.6 Å². The predicted octanol–water partition coefficient (Wildman–Crippen LogP) is 4.68. The lowest BCUT2D eigenvalue weighted by Gasteiger charge is -2.26. The molecule has 1 amide bonds. The van der Waals surface area contributed by atoms with Crippen LogP contribution in [0.3, 0.4) is 0 Å². The first-order valence-electron chi connectivity index (χ1n) is 10.6. The number of thiazole rings is 1. The fourth-order valence-corrected chi connectivity index (χ4v) is 6.96. The SMILES string of the molecule is C=CCN(C(=O)c1cc(S(=O)(=O)N2CCCCC2)ccc1Cl)c1nc2c(s1)CCCC2. The third-order valence-corrected chi connectivity index (χ3v) is 9.15. The van der Waals surface area contributed by atoms with Crippen molar-refractivity contribution in [3.63, 3.8) is 0 Å². The molecule has 31 heavy (non-hydrogen) atoms. The normalized spacial score (nSPS) is 17.2. The smallest absolute Gasteiger partial charge is 0.261 e. The zero-order valence-electron chi connectivity index (χ0n) is 17.3. The van der Waals surface area contributed by atoms with E-state index in [1.165, 1.54) is 43.6 Å². The number of carbonyl (C=O) groups is 1. The Morgan fingerprint density at radius 1 is 1.19 bits per heavy atom. The molecular formula is C22H26ClN3O3S2. The monoisotopic (exact) mass is 479 g/mol. The molecule has 2 aliphatic rings. The van der Waals surface area contributed by atoms with E-state index in [-0.39, 0.29) is 27.9 Å². The van der Waals surface area contributed by atoms with Gasteiger partial charge in [-0.1, -0.05) is 24.1 Å². The number of amides is 1. The van der Waals surface area contributed by atoms with Crippen LogP contribution in [0.5, 0.6) is 0 Å². The minimum atomic E-state index is -3.67. The van der Waals surface area contributed by atoms with Gasteiger partial charge in [-0.2, -0.15) is 4.31 Å². The molecule has 1 aliphatic carbocycles. The summed E-state index contributed by atoms with van der Waals surface area (Å²) in [6.45, 7) is 5.04. The molecule has 2 aromatic rings. The second-order valence-corrected chi connectivity index (χ2v) is 11.3. The molecule has 2 heterocycles. The molecule has 0 N–H and O–H groups in total. The van der Waals surface area contributed by atoms with Crippen LogP contribution in [0.15, 0.2) is 35.7 Å². The molecule has 1 aromatic carbocycles. The lowest BCUT2D eigenvalue weighted by Crippen LogP contribution is -2.36. The van der Waals surface area contributed by atoms with Gasteiger partial charge in [0.2, 0.25) is 10.0 Å². The number of piperidine rings is 1. The van der Waals surface area contributed by atoms with E-state index in [4.69, 9.17) is 16.6 Å². The summed E-state index contributed by atoms with van der Waals surface area (Å²) in [6.07, 6.45) is 8.51. The lowest BCUT2D eigenvalue weighted by atomic mass is 10.0. The number of anilines is 1. The van der Waals surface area contributed by atoms with Gasteiger partial charge < -0.3 is 0 Å². The van der Waals surface area contributed by atoms with Crippen LogP contribution in [0.25, 0.3) is 0 Å². The third kappa shape index (κ3) is 4.58. The van der Waals surface area contributed by atoms with Gasteiger partial charge >= 0.3 is 0 Å². The molecule has 9 heteroatoms. The van der Waals surface area contributed by atoms with Gasteiger partial charge in [0.1, 0.15) is 0 Å². The van der Waals surface area contributed by atoms with Crippen molar-refractivity contribution < 1.29 is 13.2 Å². The maximum atomic E-state index is 13.5. The number of fused-ring (bicyclic) bond motifs is 1. The van der Waals surface area contributed by atoms with Crippen molar-refractivity contribution in [2.45, 2.75) is 49.8 Å². The molecule has 0 bridgehead atoms. The van der Waals surface area contributed by atoms with Crippen LogP contribution >= 0.6 is 22.9 Å². The highest BCUT2D eigenvalue weighted by Gasteiger charge is 2.29. The summed E-state index contributed by atoms with van der Waals surface area (Å²) >= 11 is 7.88. The molecule has 1 saturated heterocycles. The van der Waals surface area contributed by atoms with E-state index in [1.807, 2.05) is 0 Å². The van der Waals surface area contributed by atoms with Gasteiger partial charge in [0.05, 0.1) is 21.2 Å². The first-order valence-corrected chi connectivity index (χ1v) is 13.3. The summed E-state index contributed by atoms with van der Waals surface area (Å²) in [4.78, 5) is 21.0. The molecule has 0 atom stereocenters. The lowest BCUT2D eigenvalue weighted by molar-refractivity contribution is 0.0989. The van der Waals surface area contributed by atoms with Gasteiger partial charge in [0, 0.05) is 24.5 Å². The van der Waals surface area contributed by atoms with Crippen LogP contribution in [0, 0.1) is 0 Å². The first kappa shape index (κ1) is 22.5. The summed E-state index contributed by atoms with van der Waals surface area (Å²) in [5.74, 6) is -0.369. The molecule has 0 unspecified atom stereocenters. The number of rotatable bonds is 6. The number of carbonyl (C=O) groups excluding carboxylic acids is 1. The predicted molar refractivity (Wildman–Crippen MR) is 125 cm³/mol. The van der Waals surface area contributed by atoms with Crippen molar-refractivity contribution >= 4 is 44.0 Å². The highest BCUT2D eigenvalue weighted by Crippen LogP contribution is 2.34. The van der Waals surface area contributed by atoms with Crippen molar-refractivity contribution in [3.05, 3.63) is 52.0 Å². The van der Waals surface area contributed by atoms with E-state index < -0.39 is 10.0 Å². The summed E-state index contributed by atoms with van der Waals surface area (Å²) < 4.78 is 27.7. The highest BCUT2D eigenvalue weighted by molar-refractivity contribution is 7.89. The van der Waals surface area contributed by atoms with Gasteiger partial charge in [-0.05, 0) is 56.7 Å². The number of sulfonamides is 1. The Labute approximate surface area is 192 Å². The fourth-order valence-electron chi connectivity index (χ4n) is 4.06. The van der Waals surface area contributed by atoms with Crippen LogP contribution in [-0.2, 0) is 22.9 Å². The molecule has 0 saturated carbocycles. The number of halogens is 1. The van der Waals surface area contributed by atoms with Crippen molar-refractivity contribution in [2.75, 3.05) is 24.5 Å². The molecule has 1 aliphatic heterocycles. The standard InChI is InChI=1S/C22H26ClN3O3S2/c1-2-12-26(22-24-19-8-4-5-9-20(19)30-22)21(27)17-15-16(10-11-18(17)23)31(28,29)25-13-6-3-7-14-25/h2,10-11,15H,1,3-9,12-14H2. The minimum absolute atomic E-state index is 0.0964. The van der Waals surface area contributed by atoms with E-state index in [2.05, 4.69) is 6.58 Å². The average molecular weight is 480 g/mol. The van der Waals surface area contributed by atoms with E-state index in [0.29, 0.717) is 18.2 Å². The summed E-state index contributed by atoms with van der Waals surface area (Å²) in [6, 6.07) is 4.37. The van der Waals surface area contributed by atoms with Crippen LogP contribution in [-0.4, -0.2) is 43.2 Å². The minimum Gasteiger partial charge on any atom is -0.280 e. The number of aryl methyl sites for hydroxylation is 2. The van der Waals surface area contributed by atoms with Crippen molar-refractivity contribution in [3.8, 4) is 0 Å². The maximum Gasteiger partial charge on any atom is 0.261 e. The van der Waals surface area contributed by atoms with Gasteiger partial charge in [0.15, 0.2) is 5.13 Å². The van der Waals surface area contributed by atoms with Gasteiger partial charge in [-0.25, -0.2) is 13.4 Å². The average Bonchev–Trinajstić information content (AvgIpc) is 3.21. The maximum absolute atomic E-state index is 13.5. The molecule has 0 radical (unpaired) electrons. The van der Waals surface area contributed by atoms with E-state index in [1.54, 1.807) is 6.08 Å². The molecule has 1 aromatic heterocycles. The first-order chi connectivity index (χ1) is 14.9. The second kappa shape index (κ2) is 9.40. The molecule has 0 spiro atoms. The number of benzene rings is 1. The topological polar surface area (TPSA) is 70.6 Å².